The zero-order valence-corrected chi connectivity index (χ0v) is 29.8. The third kappa shape index (κ3) is 7.25. The summed E-state index contributed by atoms with van der Waals surface area (Å²) in [6.45, 7) is 11.8. The number of nitrogens with zero attached hydrogens (tertiary/aromatic N) is 2. The summed E-state index contributed by atoms with van der Waals surface area (Å²) in [7, 11) is 0. The lowest BCUT2D eigenvalue weighted by Gasteiger charge is -2.37. The highest BCUT2D eigenvalue weighted by atomic mass is 79.9. The molecule has 2 aromatic rings. The summed E-state index contributed by atoms with van der Waals surface area (Å²) in [5.74, 6) is -3.25. The molecule has 3 aliphatic heterocycles. The quantitative estimate of drug-likeness (QED) is 0.111. The number of fused-ring (bicyclic) bond motifs is 1. The molecule has 3 amide bonds. The second-order valence-electron chi connectivity index (χ2n) is 13.1. The lowest BCUT2D eigenvalue weighted by atomic mass is 9.70. The standard InChI is InChI=1S/C38H46BrN3O7/c1-5-7-15-30(44)48-23-28(26-13-9-8-10-14-26)40-35(45)31-32-36(46)42(19-11-12-20-43)34(38(32)22-27(39)33(31)49-38)37(47)41(18-6-2)29-21-24(3)16-17-25(29)4/h5-6,8-10,13-14,16-17,21,27-28,31-34,43H,1-2,7,11-12,15,18-20,22-23H2,3-4H3,(H,40,45)/t27?,28-,31-,32+,33-,34-,38+/m0/s1. The van der Waals surface area contributed by atoms with E-state index in [1.165, 1.54) is 0 Å². The van der Waals surface area contributed by atoms with Crippen molar-refractivity contribution in [1.82, 2.24) is 10.2 Å². The number of carbonyl (C=O) groups is 4. The average molecular weight is 737 g/mol. The molecule has 3 heterocycles. The molecule has 11 heteroatoms. The van der Waals surface area contributed by atoms with Gasteiger partial charge in [-0.15, -0.1) is 13.2 Å². The lowest BCUT2D eigenvalue weighted by molar-refractivity contribution is -0.145. The van der Waals surface area contributed by atoms with E-state index in [9.17, 15) is 24.3 Å². The number of aliphatic hydroxyl groups excluding tert-OH is 1. The van der Waals surface area contributed by atoms with Crippen molar-refractivity contribution in [2.45, 2.75) is 74.6 Å². The number of benzene rings is 2. The first-order valence-electron chi connectivity index (χ1n) is 16.9. The molecule has 1 spiro atoms. The van der Waals surface area contributed by atoms with Crippen LogP contribution in [0.5, 0.6) is 0 Å². The number of hydrogen-bond acceptors (Lipinski definition) is 7. The van der Waals surface area contributed by atoms with Gasteiger partial charge < -0.3 is 29.7 Å². The number of aryl methyl sites for hydroxylation is 2. The van der Waals surface area contributed by atoms with Crippen LogP contribution >= 0.6 is 15.9 Å². The summed E-state index contributed by atoms with van der Waals surface area (Å²) in [4.78, 5) is 59.1. The first kappa shape index (κ1) is 36.5. The molecule has 2 aromatic carbocycles. The molecule has 0 aliphatic carbocycles. The summed E-state index contributed by atoms with van der Waals surface area (Å²) in [5.41, 5.74) is 2.08. The van der Waals surface area contributed by atoms with Gasteiger partial charge in [0.15, 0.2) is 0 Å². The van der Waals surface area contributed by atoms with Gasteiger partial charge in [-0.1, -0.05) is 70.5 Å². The molecule has 49 heavy (non-hydrogen) atoms. The summed E-state index contributed by atoms with van der Waals surface area (Å²) < 4.78 is 12.3. The van der Waals surface area contributed by atoms with Crippen molar-refractivity contribution in [2.24, 2.45) is 11.8 Å². The molecule has 3 aliphatic rings. The number of esters is 1. The van der Waals surface area contributed by atoms with Gasteiger partial charge in [0.2, 0.25) is 11.8 Å². The fourth-order valence-electron chi connectivity index (χ4n) is 7.58. The molecular formula is C38H46BrN3O7. The van der Waals surface area contributed by atoms with E-state index >= 15 is 0 Å². The summed E-state index contributed by atoms with van der Waals surface area (Å²) in [6.07, 6.45) is 4.58. The third-order valence-corrected chi connectivity index (χ3v) is 10.7. The van der Waals surface area contributed by atoms with Gasteiger partial charge in [0, 0.05) is 36.6 Å². The Labute approximate surface area is 296 Å². The van der Waals surface area contributed by atoms with Gasteiger partial charge in [-0.25, -0.2) is 0 Å². The van der Waals surface area contributed by atoms with Crippen molar-refractivity contribution in [3.05, 3.63) is 90.5 Å². The van der Waals surface area contributed by atoms with Gasteiger partial charge in [0.25, 0.3) is 5.91 Å². The first-order valence-corrected chi connectivity index (χ1v) is 17.8. The number of hydrogen-bond donors (Lipinski definition) is 2. The minimum absolute atomic E-state index is 0.0492. The minimum atomic E-state index is -1.26. The normalized spacial score (nSPS) is 25.8. The Hall–Kier alpha value is -3.80. The Bertz CT molecular complexity index is 1570. The van der Waals surface area contributed by atoms with Gasteiger partial charge in [-0.05, 0) is 62.3 Å². The number of carbonyl (C=O) groups excluding carboxylic acids is 4. The Morgan fingerprint density at radius 3 is 2.61 bits per heavy atom. The van der Waals surface area contributed by atoms with Crippen LogP contribution < -0.4 is 10.2 Å². The van der Waals surface area contributed by atoms with Crippen LogP contribution in [0.3, 0.4) is 0 Å². The van der Waals surface area contributed by atoms with E-state index in [-0.39, 0.29) is 49.4 Å². The molecule has 3 fully saturated rings. The number of amides is 3. The Balaban J connectivity index is 1.49. The Kier molecular flexibility index (Phi) is 11.8. The molecule has 10 nitrogen and oxygen atoms in total. The number of halogens is 1. The number of rotatable bonds is 16. The molecule has 2 bridgehead atoms. The topological polar surface area (TPSA) is 125 Å². The Morgan fingerprint density at radius 1 is 1.16 bits per heavy atom. The van der Waals surface area contributed by atoms with Crippen LogP contribution in [0.4, 0.5) is 5.69 Å². The van der Waals surface area contributed by atoms with Crippen LogP contribution in [-0.2, 0) is 28.7 Å². The highest BCUT2D eigenvalue weighted by molar-refractivity contribution is 9.09. The monoisotopic (exact) mass is 735 g/mol. The maximum absolute atomic E-state index is 14.9. The molecule has 5 rings (SSSR count). The SMILES string of the molecule is C=CCCC(=O)OC[C@H](NC(=O)[C@@H]1[C@H]2O[C@@]3(CC2Br)[C@H](C(=O)N(CC=C)c2cc(C)ccc2C)N(CCCCO)C(=O)[C@@H]13)c1ccccc1. The van der Waals surface area contributed by atoms with Crippen molar-refractivity contribution in [3.63, 3.8) is 0 Å². The van der Waals surface area contributed by atoms with Crippen LogP contribution in [-0.4, -0.2) is 82.6 Å². The van der Waals surface area contributed by atoms with E-state index in [0.29, 0.717) is 25.7 Å². The van der Waals surface area contributed by atoms with Crippen LogP contribution in [0, 0.1) is 25.7 Å². The Morgan fingerprint density at radius 2 is 1.92 bits per heavy atom. The van der Waals surface area contributed by atoms with Crippen molar-refractivity contribution >= 4 is 45.3 Å². The number of likely N-dealkylation sites (tertiary alicyclic amines) is 1. The molecule has 0 radical (unpaired) electrons. The second kappa shape index (κ2) is 15.8. The smallest absolute Gasteiger partial charge is 0.306 e. The molecule has 0 aromatic heterocycles. The van der Waals surface area contributed by atoms with Gasteiger partial charge in [-0.3, -0.25) is 19.2 Å². The molecule has 2 N–H and O–H groups in total. The second-order valence-corrected chi connectivity index (χ2v) is 14.3. The number of anilines is 1. The fraction of sp³-hybridized carbons (Fsp3) is 0.474. The van der Waals surface area contributed by atoms with E-state index in [1.807, 2.05) is 62.4 Å². The lowest BCUT2D eigenvalue weighted by Crippen LogP contribution is -2.57. The van der Waals surface area contributed by atoms with Gasteiger partial charge in [0.05, 0.1) is 24.0 Å². The largest absolute Gasteiger partial charge is 0.463 e. The molecule has 3 saturated heterocycles. The van der Waals surface area contributed by atoms with Crippen molar-refractivity contribution in [2.75, 3.05) is 31.2 Å². The molecule has 0 saturated carbocycles. The summed E-state index contributed by atoms with van der Waals surface area (Å²) >= 11 is 3.75. The predicted octanol–water partition coefficient (Wildman–Crippen LogP) is 4.71. The van der Waals surface area contributed by atoms with Crippen LogP contribution in [0.1, 0.15) is 54.8 Å². The minimum Gasteiger partial charge on any atom is -0.463 e. The van der Waals surface area contributed by atoms with Crippen LogP contribution in [0.15, 0.2) is 73.8 Å². The number of ether oxygens (including phenoxy) is 2. The molecule has 1 unspecified atom stereocenters. The highest BCUT2D eigenvalue weighted by Gasteiger charge is 2.76. The number of aliphatic hydroxyl groups is 1. The average Bonchev–Trinajstić information content (AvgIpc) is 3.69. The predicted molar refractivity (Wildman–Crippen MR) is 190 cm³/mol. The maximum Gasteiger partial charge on any atom is 0.306 e. The van der Waals surface area contributed by atoms with E-state index in [1.54, 1.807) is 22.0 Å². The van der Waals surface area contributed by atoms with Crippen molar-refractivity contribution < 1.29 is 33.8 Å². The number of alkyl halides is 1. The molecular weight excluding hydrogens is 690 g/mol. The number of allylic oxidation sites excluding steroid dienone is 1. The first-order chi connectivity index (χ1) is 23.6. The summed E-state index contributed by atoms with van der Waals surface area (Å²) in [5, 5.41) is 12.6. The van der Waals surface area contributed by atoms with Gasteiger partial charge >= 0.3 is 5.97 Å². The van der Waals surface area contributed by atoms with Crippen molar-refractivity contribution in [1.29, 1.82) is 0 Å². The number of nitrogens with one attached hydrogen (secondary N) is 1. The van der Waals surface area contributed by atoms with Gasteiger partial charge in [-0.2, -0.15) is 0 Å². The summed E-state index contributed by atoms with van der Waals surface area (Å²) in [6, 6.07) is 13.4. The van der Waals surface area contributed by atoms with Crippen LogP contribution in [0.2, 0.25) is 0 Å². The highest BCUT2D eigenvalue weighted by Crippen LogP contribution is 2.60. The van der Waals surface area contributed by atoms with E-state index in [2.05, 4.69) is 34.4 Å². The number of unbranched alkanes of at least 4 members (excludes halogenated alkanes) is 1. The zero-order chi connectivity index (χ0) is 35.3. The van der Waals surface area contributed by atoms with E-state index in [4.69, 9.17) is 9.47 Å². The zero-order valence-electron chi connectivity index (χ0n) is 28.2. The fourth-order valence-corrected chi connectivity index (χ4v) is 8.52. The van der Waals surface area contributed by atoms with E-state index in [0.717, 1.165) is 22.4 Å². The maximum atomic E-state index is 14.9. The van der Waals surface area contributed by atoms with Crippen molar-refractivity contribution in [3.8, 4) is 0 Å². The molecule has 7 atom stereocenters. The van der Waals surface area contributed by atoms with Crippen LogP contribution in [0.25, 0.3) is 0 Å². The van der Waals surface area contributed by atoms with E-state index < -0.39 is 47.5 Å². The third-order valence-electron chi connectivity index (χ3n) is 9.85. The van der Waals surface area contributed by atoms with Gasteiger partial charge in [0.1, 0.15) is 18.2 Å². The molecule has 262 valence electrons.